The highest BCUT2D eigenvalue weighted by Gasteiger charge is 2.11. The second kappa shape index (κ2) is 7.10. The second-order valence-electron chi connectivity index (χ2n) is 5.01. The van der Waals surface area contributed by atoms with Gasteiger partial charge in [-0.3, -0.25) is 10.1 Å². The van der Waals surface area contributed by atoms with Crippen molar-refractivity contribution in [1.82, 2.24) is 10.3 Å². The van der Waals surface area contributed by atoms with E-state index in [9.17, 15) is 9.59 Å². The lowest BCUT2D eigenvalue weighted by Crippen LogP contribution is -2.28. The van der Waals surface area contributed by atoms with Crippen LogP contribution in [0, 0.1) is 0 Å². The molecule has 0 spiro atoms. The van der Waals surface area contributed by atoms with Crippen LogP contribution in [0.25, 0.3) is 10.2 Å². The van der Waals surface area contributed by atoms with E-state index in [1.165, 1.54) is 11.3 Å². The number of aromatic nitrogens is 1. The molecular formula is C17H16N4O2S. The maximum absolute atomic E-state index is 12.3. The van der Waals surface area contributed by atoms with E-state index in [4.69, 9.17) is 0 Å². The zero-order valence-corrected chi connectivity index (χ0v) is 13.8. The number of para-hydroxylation sites is 1. The van der Waals surface area contributed by atoms with E-state index in [0.717, 1.165) is 15.9 Å². The Morgan fingerprint density at radius 1 is 1.08 bits per heavy atom. The summed E-state index contributed by atoms with van der Waals surface area (Å²) in [5.74, 6) is -0.185. The van der Waals surface area contributed by atoms with E-state index in [-0.39, 0.29) is 11.9 Å². The third-order valence-electron chi connectivity index (χ3n) is 3.24. The number of hydrogen-bond donors (Lipinski definition) is 3. The van der Waals surface area contributed by atoms with E-state index in [2.05, 4.69) is 20.9 Å². The Kier molecular flexibility index (Phi) is 4.72. The standard InChI is InChI=1S/C17H16N4O2S/c1-2-18-16(23)21-17-20-13-9-8-11(10-14(13)24-17)15(22)19-12-6-4-3-5-7-12/h3-10H,2H2,1H3,(H,19,22)(H2,18,20,21,23). The van der Waals surface area contributed by atoms with Crippen LogP contribution in [-0.4, -0.2) is 23.5 Å². The molecule has 0 atom stereocenters. The maximum atomic E-state index is 12.3. The summed E-state index contributed by atoms with van der Waals surface area (Å²) in [6.07, 6.45) is 0. The molecule has 1 heterocycles. The lowest BCUT2D eigenvalue weighted by molar-refractivity contribution is 0.102. The van der Waals surface area contributed by atoms with Gasteiger partial charge < -0.3 is 10.6 Å². The van der Waals surface area contributed by atoms with Crippen molar-refractivity contribution in [2.24, 2.45) is 0 Å². The molecule has 3 aromatic rings. The molecule has 1 aromatic heterocycles. The Morgan fingerprint density at radius 3 is 2.62 bits per heavy atom. The van der Waals surface area contributed by atoms with Gasteiger partial charge in [0, 0.05) is 17.8 Å². The van der Waals surface area contributed by atoms with Crippen LogP contribution in [0.4, 0.5) is 15.6 Å². The molecule has 0 aliphatic rings. The van der Waals surface area contributed by atoms with Crippen molar-refractivity contribution in [3.63, 3.8) is 0 Å². The molecule has 2 aromatic carbocycles. The van der Waals surface area contributed by atoms with Crippen molar-refractivity contribution in [3.05, 3.63) is 54.1 Å². The van der Waals surface area contributed by atoms with Gasteiger partial charge in [-0.1, -0.05) is 29.5 Å². The molecule has 0 bridgehead atoms. The number of rotatable bonds is 4. The number of urea groups is 1. The monoisotopic (exact) mass is 340 g/mol. The number of anilines is 2. The van der Waals surface area contributed by atoms with Gasteiger partial charge >= 0.3 is 6.03 Å². The van der Waals surface area contributed by atoms with Gasteiger partial charge in [0.2, 0.25) is 0 Å². The predicted octanol–water partition coefficient (Wildman–Crippen LogP) is 3.69. The third-order valence-corrected chi connectivity index (χ3v) is 4.17. The van der Waals surface area contributed by atoms with Gasteiger partial charge in [-0.05, 0) is 37.3 Å². The minimum Gasteiger partial charge on any atom is -0.338 e. The van der Waals surface area contributed by atoms with Crippen LogP contribution < -0.4 is 16.0 Å². The predicted molar refractivity (Wildman–Crippen MR) is 96.7 cm³/mol. The first kappa shape index (κ1) is 15.9. The molecule has 24 heavy (non-hydrogen) atoms. The molecule has 0 fully saturated rings. The third kappa shape index (κ3) is 3.69. The Hall–Kier alpha value is -2.93. The Bertz CT molecular complexity index is 877. The van der Waals surface area contributed by atoms with Crippen LogP contribution in [0.2, 0.25) is 0 Å². The van der Waals surface area contributed by atoms with Crippen molar-refractivity contribution >= 4 is 44.3 Å². The smallest absolute Gasteiger partial charge is 0.321 e. The fourth-order valence-corrected chi connectivity index (χ4v) is 3.05. The number of carbonyl (C=O) groups is 2. The second-order valence-corrected chi connectivity index (χ2v) is 6.04. The maximum Gasteiger partial charge on any atom is 0.321 e. The highest BCUT2D eigenvalue weighted by atomic mass is 32.1. The van der Waals surface area contributed by atoms with E-state index < -0.39 is 0 Å². The van der Waals surface area contributed by atoms with Crippen LogP contribution in [0.5, 0.6) is 0 Å². The number of benzene rings is 2. The van der Waals surface area contributed by atoms with Crippen LogP contribution in [-0.2, 0) is 0 Å². The molecule has 0 aliphatic heterocycles. The number of hydrogen-bond acceptors (Lipinski definition) is 4. The topological polar surface area (TPSA) is 83.1 Å². The summed E-state index contributed by atoms with van der Waals surface area (Å²) in [4.78, 5) is 28.2. The summed E-state index contributed by atoms with van der Waals surface area (Å²) in [7, 11) is 0. The fourth-order valence-electron chi connectivity index (χ4n) is 2.15. The van der Waals surface area contributed by atoms with Gasteiger partial charge in [0.05, 0.1) is 10.2 Å². The molecule has 6 nitrogen and oxygen atoms in total. The lowest BCUT2D eigenvalue weighted by Gasteiger charge is -2.04. The summed E-state index contributed by atoms with van der Waals surface area (Å²) in [5, 5.41) is 8.67. The van der Waals surface area contributed by atoms with Gasteiger partial charge in [0.25, 0.3) is 5.91 Å². The summed E-state index contributed by atoms with van der Waals surface area (Å²) in [6.45, 7) is 2.39. The van der Waals surface area contributed by atoms with Crippen LogP contribution in [0.15, 0.2) is 48.5 Å². The minimum absolute atomic E-state index is 0.185. The van der Waals surface area contributed by atoms with Crippen molar-refractivity contribution in [3.8, 4) is 0 Å². The SMILES string of the molecule is CCNC(=O)Nc1nc2ccc(C(=O)Nc3ccccc3)cc2s1. The summed E-state index contributed by atoms with van der Waals surface area (Å²) in [5.41, 5.74) is 2.02. The quantitative estimate of drug-likeness (QED) is 0.677. The molecule has 122 valence electrons. The highest BCUT2D eigenvalue weighted by Crippen LogP contribution is 2.27. The molecule has 3 N–H and O–H groups in total. The lowest BCUT2D eigenvalue weighted by atomic mass is 10.2. The average molecular weight is 340 g/mol. The van der Waals surface area contributed by atoms with Crippen molar-refractivity contribution < 1.29 is 9.59 Å². The highest BCUT2D eigenvalue weighted by molar-refractivity contribution is 7.22. The van der Waals surface area contributed by atoms with E-state index >= 15 is 0 Å². The number of fused-ring (bicyclic) bond motifs is 1. The molecule has 7 heteroatoms. The van der Waals surface area contributed by atoms with Gasteiger partial charge in [-0.2, -0.15) is 0 Å². The van der Waals surface area contributed by atoms with E-state index in [1.807, 2.05) is 37.3 Å². The van der Waals surface area contributed by atoms with Crippen molar-refractivity contribution in [2.75, 3.05) is 17.2 Å². The van der Waals surface area contributed by atoms with Gasteiger partial charge in [-0.25, -0.2) is 9.78 Å². The van der Waals surface area contributed by atoms with Gasteiger partial charge in [-0.15, -0.1) is 0 Å². The Labute approximate surface area is 142 Å². The summed E-state index contributed by atoms with van der Waals surface area (Å²) < 4.78 is 0.836. The Morgan fingerprint density at radius 2 is 1.88 bits per heavy atom. The van der Waals surface area contributed by atoms with Gasteiger partial charge in [0.15, 0.2) is 5.13 Å². The first-order valence-electron chi connectivity index (χ1n) is 7.47. The molecule has 3 rings (SSSR count). The minimum atomic E-state index is -0.293. The number of nitrogens with one attached hydrogen (secondary N) is 3. The van der Waals surface area contributed by atoms with Crippen LogP contribution in [0.1, 0.15) is 17.3 Å². The average Bonchev–Trinajstić information content (AvgIpc) is 2.97. The van der Waals surface area contributed by atoms with Gasteiger partial charge in [0.1, 0.15) is 0 Å². The molecule has 0 aliphatic carbocycles. The van der Waals surface area contributed by atoms with E-state index in [0.29, 0.717) is 17.2 Å². The molecule has 0 unspecified atom stereocenters. The normalized spacial score (nSPS) is 10.4. The first-order valence-corrected chi connectivity index (χ1v) is 8.29. The molecule has 0 saturated heterocycles. The molecular weight excluding hydrogens is 324 g/mol. The number of carbonyl (C=O) groups excluding carboxylic acids is 2. The number of amides is 3. The van der Waals surface area contributed by atoms with Crippen LogP contribution in [0.3, 0.4) is 0 Å². The molecule has 0 radical (unpaired) electrons. The summed E-state index contributed by atoms with van der Waals surface area (Å²) in [6, 6.07) is 14.2. The Balaban J connectivity index is 1.78. The largest absolute Gasteiger partial charge is 0.338 e. The van der Waals surface area contributed by atoms with E-state index in [1.54, 1.807) is 18.2 Å². The van der Waals surface area contributed by atoms with Crippen molar-refractivity contribution in [1.29, 1.82) is 0 Å². The summed E-state index contributed by atoms with van der Waals surface area (Å²) >= 11 is 1.33. The molecule has 3 amide bonds. The van der Waals surface area contributed by atoms with Crippen molar-refractivity contribution in [2.45, 2.75) is 6.92 Å². The number of thiazole rings is 1. The van der Waals surface area contributed by atoms with Crippen LogP contribution >= 0.6 is 11.3 Å². The zero-order chi connectivity index (χ0) is 16.9. The fraction of sp³-hybridized carbons (Fsp3) is 0.118. The number of nitrogens with zero attached hydrogens (tertiary/aromatic N) is 1. The molecule has 0 saturated carbocycles. The zero-order valence-electron chi connectivity index (χ0n) is 13.0. The first-order chi connectivity index (χ1) is 11.7.